The number of ether oxygens (including phenoxy) is 1. The van der Waals surface area contributed by atoms with Crippen molar-refractivity contribution in [2.45, 2.75) is 26.8 Å². The van der Waals surface area contributed by atoms with Crippen LogP contribution in [0.15, 0.2) is 41.5 Å². The molecule has 4 aromatic rings. The molecule has 0 unspecified atom stereocenters. The van der Waals surface area contributed by atoms with Crippen molar-refractivity contribution in [2.75, 3.05) is 18.6 Å². The molecule has 4 heterocycles. The van der Waals surface area contributed by atoms with Gasteiger partial charge in [0.25, 0.3) is 5.56 Å². The quantitative estimate of drug-likeness (QED) is 0.476. The van der Waals surface area contributed by atoms with Crippen LogP contribution in [0.1, 0.15) is 22.4 Å². The lowest BCUT2D eigenvalue weighted by Crippen LogP contribution is -2.33. The van der Waals surface area contributed by atoms with Gasteiger partial charge < -0.3 is 9.64 Å². The number of hydrogen-bond donors (Lipinski definition) is 0. The first-order valence-corrected chi connectivity index (χ1v) is 10.5. The van der Waals surface area contributed by atoms with E-state index in [9.17, 15) is 13.6 Å². The van der Waals surface area contributed by atoms with E-state index < -0.39 is 17.4 Å². The summed E-state index contributed by atoms with van der Waals surface area (Å²) >= 11 is 0. The Hall–Kier alpha value is -3.88. The highest BCUT2D eigenvalue weighted by atomic mass is 19.1. The summed E-state index contributed by atoms with van der Waals surface area (Å²) in [5.74, 6) is -1.19. The van der Waals surface area contributed by atoms with Gasteiger partial charge in [0, 0.05) is 49.2 Å². The van der Waals surface area contributed by atoms with Crippen LogP contribution in [0.4, 0.5) is 14.6 Å². The number of halogens is 2. The molecule has 3 aromatic heterocycles. The Balaban J connectivity index is 1.54. The van der Waals surface area contributed by atoms with Gasteiger partial charge in [-0.05, 0) is 54.3 Å². The fourth-order valence-electron chi connectivity index (χ4n) is 4.29. The molecule has 9 heteroatoms. The van der Waals surface area contributed by atoms with Crippen LogP contribution < -0.4 is 15.2 Å². The van der Waals surface area contributed by atoms with E-state index in [0.717, 1.165) is 16.8 Å². The number of methoxy groups -OCH3 is 1. The summed E-state index contributed by atoms with van der Waals surface area (Å²) in [6, 6.07) is 6.39. The summed E-state index contributed by atoms with van der Waals surface area (Å²) in [5.41, 5.74) is 4.35. The van der Waals surface area contributed by atoms with E-state index in [0.29, 0.717) is 47.7 Å². The summed E-state index contributed by atoms with van der Waals surface area (Å²) in [6.07, 6.45) is 3.80. The molecule has 0 bridgehead atoms. The van der Waals surface area contributed by atoms with Gasteiger partial charge in [0.2, 0.25) is 0 Å². The van der Waals surface area contributed by atoms with Crippen molar-refractivity contribution in [3.63, 3.8) is 0 Å². The van der Waals surface area contributed by atoms with E-state index in [4.69, 9.17) is 4.74 Å². The topological polar surface area (TPSA) is 72.6 Å². The fraction of sp³-hybridized carbons (Fsp3) is 0.250. The summed E-state index contributed by atoms with van der Waals surface area (Å²) in [6.45, 7) is 4.70. The molecule has 0 saturated carbocycles. The lowest BCUT2D eigenvalue weighted by molar-refractivity contribution is 0.359. The van der Waals surface area contributed by atoms with Gasteiger partial charge in [-0.3, -0.25) is 9.78 Å². The van der Waals surface area contributed by atoms with Crippen molar-refractivity contribution in [2.24, 2.45) is 0 Å². The van der Waals surface area contributed by atoms with Crippen LogP contribution in [0.2, 0.25) is 0 Å². The third kappa shape index (κ3) is 3.49. The molecule has 1 aliphatic rings. The molecule has 7 nitrogen and oxygen atoms in total. The average molecular weight is 449 g/mol. The highest BCUT2D eigenvalue weighted by molar-refractivity contribution is 5.69. The Morgan fingerprint density at radius 2 is 1.94 bits per heavy atom. The minimum Gasteiger partial charge on any atom is -0.491 e. The Morgan fingerprint density at radius 3 is 2.73 bits per heavy atom. The highest BCUT2D eigenvalue weighted by Gasteiger charge is 2.23. The van der Waals surface area contributed by atoms with Gasteiger partial charge in [-0.2, -0.15) is 4.52 Å². The number of pyridine rings is 1. The third-order valence-electron chi connectivity index (χ3n) is 6.02. The average Bonchev–Trinajstić information content (AvgIpc) is 2.81. The second-order valence-corrected chi connectivity index (χ2v) is 8.08. The lowest BCUT2D eigenvalue weighted by Gasteiger charge is -2.30. The zero-order valence-electron chi connectivity index (χ0n) is 18.4. The molecule has 33 heavy (non-hydrogen) atoms. The van der Waals surface area contributed by atoms with Crippen LogP contribution in [0, 0.1) is 25.5 Å². The molecule has 168 valence electrons. The normalized spacial score (nSPS) is 13.3. The molecule has 0 amide bonds. The van der Waals surface area contributed by atoms with Gasteiger partial charge in [-0.25, -0.2) is 13.8 Å². The van der Waals surface area contributed by atoms with Crippen LogP contribution in [0.25, 0.3) is 16.8 Å². The number of hydrogen-bond acceptors (Lipinski definition) is 6. The molecule has 0 aliphatic carbocycles. The van der Waals surface area contributed by atoms with Gasteiger partial charge in [-0.15, -0.1) is 5.10 Å². The number of nitrogens with zero attached hydrogens (tertiary/aromatic N) is 5. The first kappa shape index (κ1) is 21.0. The summed E-state index contributed by atoms with van der Waals surface area (Å²) in [7, 11) is 1.24. The van der Waals surface area contributed by atoms with Gasteiger partial charge in [0.05, 0.1) is 7.11 Å². The van der Waals surface area contributed by atoms with Crippen molar-refractivity contribution >= 4 is 11.5 Å². The van der Waals surface area contributed by atoms with E-state index in [1.165, 1.54) is 30.0 Å². The second-order valence-electron chi connectivity index (χ2n) is 8.08. The molecule has 0 fully saturated rings. The summed E-state index contributed by atoms with van der Waals surface area (Å²) < 4.78 is 35.1. The standard InChI is InChI=1S/C24H21F2N5O2/c1-13-8-20-27-6-4-21(32)31(20)29-24(13)30-7-5-19-16(12-30)9-15(11-28-19)17-10-18(25)23(33-3)22(26)14(17)2/h4,6,8-11H,5,7,12H2,1-3H3. The zero-order chi connectivity index (χ0) is 23.3. The maximum absolute atomic E-state index is 14.6. The molecule has 0 spiro atoms. The summed E-state index contributed by atoms with van der Waals surface area (Å²) in [4.78, 5) is 23.1. The number of benzene rings is 1. The molecular formula is C24H21F2N5O2. The Morgan fingerprint density at radius 1 is 1.12 bits per heavy atom. The number of fused-ring (bicyclic) bond motifs is 2. The SMILES string of the molecule is COc1c(F)cc(-c2cnc3c(c2)CN(c2nn4c(=O)ccnc4cc2C)CC3)c(C)c1F. The van der Waals surface area contributed by atoms with Gasteiger partial charge in [0.15, 0.2) is 28.8 Å². The van der Waals surface area contributed by atoms with Crippen molar-refractivity contribution in [3.05, 3.63) is 81.0 Å². The van der Waals surface area contributed by atoms with Crippen LogP contribution in [0.3, 0.4) is 0 Å². The molecule has 0 radical (unpaired) electrons. The van der Waals surface area contributed by atoms with E-state index in [-0.39, 0.29) is 5.56 Å². The third-order valence-corrected chi connectivity index (χ3v) is 6.02. The number of anilines is 1. The molecule has 1 aliphatic heterocycles. The van der Waals surface area contributed by atoms with Crippen molar-refractivity contribution in [1.29, 1.82) is 0 Å². The van der Waals surface area contributed by atoms with Crippen molar-refractivity contribution < 1.29 is 13.5 Å². The smallest absolute Gasteiger partial charge is 0.274 e. The van der Waals surface area contributed by atoms with E-state index in [1.54, 1.807) is 13.1 Å². The minimum absolute atomic E-state index is 0.248. The monoisotopic (exact) mass is 449 g/mol. The Labute approximate surface area is 188 Å². The molecule has 0 N–H and O–H groups in total. The van der Waals surface area contributed by atoms with Gasteiger partial charge in [-0.1, -0.05) is 0 Å². The minimum atomic E-state index is -0.759. The first-order chi connectivity index (χ1) is 15.9. The fourth-order valence-corrected chi connectivity index (χ4v) is 4.29. The predicted octanol–water partition coefficient (Wildman–Crippen LogP) is 3.62. The van der Waals surface area contributed by atoms with Gasteiger partial charge in [0.1, 0.15) is 0 Å². The van der Waals surface area contributed by atoms with E-state index in [2.05, 4.69) is 20.0 Å². The van der Waals surface area contributed by atoms with Crippen LogP contribution in [-0.4, -0.2) is 33.2 Å². The molecule has 0 saturated heterocycles. The van der Waals surface area contributed by atoms with Crippen molar-refractivity contribution in [3.8, 4) is 16.9 Å². The number of rotatable bonds is 3. The lowest BCUT2D eigenvalue weighted by atomic mass is 9.96. The largest absolute Gasteiger partial charge is 0.491 e. The maximum atomic E-state index is 14.6. The second kappa shape index (κ2) is 7.91. The Kier molecular flexibility index (Phi) is 5.03. The van der Waals surface area contributed by atoms with E-state index >= 15 is 0 Å². The number of aromatic nitrogens is 4. The molecule has 0 atom stereocenters. The zero-order valence-corrected chi connectivity index (χ0v) is 18.4. The van der Waals surface area contributed by atoms with Crippen molar-refractivity contribution in [1.82, 2.24) is 19.6 Å². The Bertz CT molecular complexity index is 1470. The van der Waals surface area contributed by atoms with Crippen LogP contribution in [-0.2, 0) is 13.0 Å². The first-order valence-electron chi connectivity index (χ1n) is 10.5. The number of aryl methyl sites for hydroxylation is 1. The highest BCUT2D eigenvalue weighted by Crippen LogP contribution is 2.34. The van der Waals surface area contributed by atoms with Gasteiger partial charge >= 0.3 is 0 Å². The van der Waals surface area contributed by atoms with Crippen LogP contribution >= 0.6 is 0 Å². The molecule has 1 aromatic carbocycles. The van der Waals surface area contributed by atoms with Crippen LogP contribution in [0.5, 0.6) is 5.75 Å². The predicted molar refractivity (Wildman–Crippen MR) is 120 cm³/mol. The maximum Gasteiger partial charge on any atom is 0.274 e. The molecule has 5 rings (SSSR count). The van der Waals surface area contributed by atoms with E-state index in [1.807, 2.05) is 19.1 Å². The molecular weight excluding hydrogens is 428 g/mol. The summed E-state index contributed by atoms with van der Waals surface area (Å²) in [5, 5.41) is 4.54.